The number of nitrogens with zero attached hydrogens (tertiary/aromatic N) is 1. The summed E-state index contributed by atoms with van der Waals surface area (Å²) in [6.45, 7) is 0. The third-order valence-electron chi connectivity index (χ3n) is 1.73. The second kappa shape index (κ2) is 4.42. The Morgan fingerprint density at radius 3 is 2.69 bits per heavy atom. The number of hydrogen-bond donors (Lipinski definition) is 0. The maximum Gasteiger partial charge on any atom is 0.253 e. The lowest BCUT2D eigenvalue weighted by Crippen LogP contribution is -2.21. The van der Waals surface area contributed by atoms with E-state index in [4.69, 9.17) is 0 Å². The molecular weight excluding hydrogens is 230 g/mol. The fourth-order valence-electron chi connectivity index (χ4n) is 1.05. The first-order chi connectivity index (χ1) is 6.15. The van der Waals surface area contributed by atoms with Crippen LogP contribution in [0.5, 0.6) is 0 Å². The molecule has 70 valence electrons. The molecule has 0 aromatic heterocycles. The van der Waals surface area contributed by atoms with Crippen molar-refractivity contribution in [1.82, 2.24) is 4.90 Å². The SMILES string of the molecule is CN(C)C(=O)c1cccc(CBr)c1. The Balaban J connectivity index is 2.95. The lowest BCUT2D eigenvalue weighted by atomic mass is 10.1. The summed E-state index contributed by atoms with van der Waals surface area (Å²) in [5.74, 6) is 0.0443. The molecule has 3 heteroatoms. The van der Waals surface area contributed by atoms with E-state index in [0.717, 1.165) is 16.5 Å². The first-order valence-corrected chi connectivity index (χ1v) is 5.14. The van der Waals surface area contributed by atoms with Gasteiger partial charge in [0.05, 0.1) is 0 Å². The van der Waals surface area contributed by atoms with Gasteiger partial charge in [0.2, 0.25) is 0 Å². The standard InChI is InChI=1S/C10H12BrNO/c1-12(2)10(13)9-5-3-4-8(6-9)7-11/h3-6H,7H2,1-2H3. The van der Waals surface area contributed by atoms with Crippen LogP contribution in [0.3, 0.4) is 0 Å². The molecule has 0 aliphatic rings. The van der Waals surface area contributed by atoms with Crippen LogP contribution in [0.1, 0.15) is 15.9 Å². The van der Waals surface area contributed by atoms with Gasteiger partial charge < -0.3 is 4.90 Å². The van der Waals surface area contributed by atoms with Gasteiger partial charge in [0.15, 0.2) is 0 Å². The lowest BCUT2D eigenvalue weighted by Gasteiger charge is -2.10. The number of carbonyl (C=O) groups excluding carboxylic acids is 1. The summed E-state index contributed by atoms with van der Waals surface area (Å²) in [5, 5.41) is 0.779. The number of halogens is 1. The molecule has 0 saturated carbocycles. The Labute approximate surface area is 86.7 Å². The lowest BCUT2D eigenvalue weighted by molar-refractivity contribution is 0.0827. The highest BCUT2D eigenvalue weighted by molar-refractivity contribution is 9.08. The van der Waals surface area contributed by atoms with Crippen molar-refractivity contribution >= 4 is 21.8 Å². The quantitative estimate of drug-likeness (QED) is 0.728. The van der Waals surface area contributed by atoms with Gasteiger partial charge in [0.1, 0.15) is 0 Å². The molecular formula is C10H12BrNO. The molecule has 0 bridgehead atoms. The molecule has 0 heterocycles. The smallest absolute Gasteiger partial charge is 0.253 e. The second-order valence-electron chi connectivity index (χ2n) is 3.03. The molecule has 2 nitrogen and oxygen atoms in total. The monoisotopic (exact) mass is 241 g/mol. The van der Waals surface area contributed by atoms with Gasteiger partial charge in [-0.1, -0.05) is 28.1 Å². The van der Waals surface area contributed by atoms with Crippen molar-refractivity contribution < 1.29 is 4.79 Å². The van der Waals surface area contributed by atoms with Crippen molar-refractivity contribution in [3.8, 4) is 0 Å². The average Bonchev–Trinajstić information content (AvgIpc) is 2.16. The Kier molecular flexibility index (Phi) is 3.48. The zero-order valence-corrected chi connectivity index (χ0v) is 9.34. The predicted molar refractivity (Wildman–Crippen MR) is 57.1 cm³/mol. The highest BCUT2D eigenvalue weighted by Gasteiger charge is 2.07. The maximum absolute atomic E-state index is 11.5. The van der Waals surface area contributed by atoms with Crippen molar-refractivity contribution in [2.45, 2.75) is 5.33 Å². The molecule has 13 heavy (non-hydrogen) atoms. The summed E-state index contributed by atoms with van der Waals surface area (Å²) in [6.07, 6.45) is 0. The average molecular weight is 242 g/mol. The summed E-state index contributed by atoms with van der Waals surface area (Å²) in [7, 11) is 3.51. The highest BCUT2D eigenvalue weighted by atomic mass is 79.9. The zero-order chi connectivity index (χ0) is 9.84. The van der Waals surface area contributed by atoms with Crippen molar-refractivity contribution in [1.29, 1.82) is 0 Å². The minimum absolute atomic E-state index is 0.0443. The number of carbonyl (C=O) groups is 1. The van der Waals surface area contributed by atoms with Gasteiger partial charge in [-0.05, 0) is 17.7 Å². The van der Waals surface area contributed by atoms with Crippen molar-refractivity contribution in [3.63, 3.8) is 0 Å². The highest BCUT2D eigenvalue weighted by Crippen LogP contribution is 2.09. The molecule has 0 radical (unpaired) electrons. The van der Waals surface area contributed by atoms with Crippen LogP contribution >= 0.6 is 15.9 Å². The van der Waals surface area contributed by atoms with Gasteiger partial charge in [-0.15, -0.1) is 0 Å². The van der Waals surface area contributed by atoms with E-state index in [1.807, 2.05) is 24.3 Å². The minimum Gasteiger partial charge on any atom is -0.345 e. The van der Waals surface area contributed by atoms with E-state index in [2.05, 4.69) is 15.9 Å². The molecule has 0 spiro atoms. The Bertz CT molecular complexity index is 310. The van der Waals surface area contributed by atoms with Crippen LogP contribution in [-0.2, 0) is 5.33 Å². The third kappa shape index (κ3) is 2.56. The summed E-state index contributed by atoms with van der Waals surface area (Å²) in [6, 6.07) is 7.61. The number of rotatable bonds is 2. The molecule has 1 aromatic carbocycles. The minimum atomic E-state index is 0.0443. The molecule has 0 atom stereocenters. The first-order valence-electron chi connectivity index (χ1n) is 4.01. The van der Waals surface area contributed by atoms with E-state index in [1.54, 1.807) is 19.0 Å². The number of alkyl halides is 1. The molecule has 0 aliphatic heterocycles. The third-order valence-corrected chi connectivity index (χ3v) is 2.38. The van der Waals surface area contributed by atoms with E-state index in [9.17, 15) is 4.79 Å². The van der Waals surface area contributed by atoms with Crippen LogP contribution in [0.15, 0.2) is 24.3 Å². The topological polar surface area (TPSA) is 20.3 Å². The Morgan fingerprint density at radius 1 is 1.46 bits per heavy atom. The molecule has 0 N–H and O–H groups in total. The summed E-state index contributed by atoms with van der Waals surface area (Å²) in [4.78, 5) is 13.1. The summed E-state index contributed by atoms with van der Waals surface area (Å²) in [5.41, 5.74) is 1.86. The summed E-state index contributed by atoms with van der Waals surface area (Å²) >= 11 is 3.35. The van der Waals surface area contributed by atoms with Crippen LogP contribution in [0.25, 0.3) is 0 Å². The molecule has 0 unspecified atom stereocenters. The molecule has 1 amide bonds. The van der Waals surface area contributed by atoms with Crippen LogP contribution in [0.2, 0.25) is 0 Å². The van der Waals surface area contributed by atoms with Crippen LogP contribution < -0.4 is 0 Å². The van der Waals surface area contributed by atoms with Crippen LogP contribution in [0, 0.1) is 0 Å². The van der Waals surface area contributed by atoms with Crippen molar-refractivity contribution in [2.24, 2.45) is 0 Å². The van der Waals surface area contributed by atoms with E-state index >= 15 is 0 Å². The second-order valence-corrected chi connectivity index (χ2v) is 3.59. The van der Waals surface area contributed by atoms with Gasteiger partial charge in [-0.2, -0.15) is 0 Å². The molecule has 1 rings (SSSR count). The van der Waals surface area contributed by atoms with E-state index in [1.165, 1.54) is 0 Å². The van der Waals surface area contributed by atoms with E-state index in [-0.39, 0.29) is 5.91 Å². The van der Waals surface area contributed by atoms with Gasteiger partial charge in [-0.25, -0.2) is 0 Å². The molecule has 1 aromatic rings. The predicted octanol–water partition coefficient (Wildman–Crippen LogP) is 2.28. The Hall–Kier alpha value is -0.830. The molecule has 0 fully saturated rings. The Morgan fingerprint density at radius 2 is 2.15 bits per heavy atom. The number of amides is 1. The van der Waals surface area contributed by atoms with Gasteiger partial charge in [0, 0.05) is 25.0 Å². The molecule has 0 saturated heterocycles. The van der Waals surface area contributed by atoms with Gasteiger partial charge >= 0.3 is 0 Å². The fraction of sp³-hybridized carbons (Fsp3) is 0.300. The molecule has 0 aliphatic carbocycles. The largest absolute Gasteiger partial charge is 0.345 e. The fourth-order valence-corrected chi connectivity index (χ4v) is 1.39. The zero-order valence-electron chi connectivity index (χ0n) is 7.75. The normalized spacial score (nSPS) is 9.77. The number of benzene rings is 1. The van der Waals surface area contributed by atoms with Crippen LogP contribution in [-0.4, -0.2) is 24.9 Å². The maximum atomic E-state index is 11.5. The van der Waals surface area contributed by atoms with E-state index in [0.29, 0.717) is 0 Å². The van der Waals surface area contributed by atoms with E-state index < -0.39 is 0 Å². The van der Waals surface area contributed by atoms with Crippen molar-refractivity contribution in [2.75, 3.05) is 14.1 Å². The first kappa shape index (κ1) is 10.3. The van der Waals surface area contributed by atoms with Crippen LogP contribution in [0.4, 0.5) is 0 Å². The van der Waals surface area contributed by atoms with Gasteiger partial charge in [0.25, 0.3) is 5.91 Å². The van der Waals surface area contributed by atoms with Gasteiger partial charge in [-0.3, -0.25) is 4.79 Å². The summed E-state index contributed by atoms with van der Waals surface area (Å²) < 4.78 is 0. The number of hydrogen-bond acceptors (Lipinski definition) is 1. The van der Waals surface area contributed by atoms with Crippen molar-refractivity contribution in [3.05, 3.63) is 35.4 Å².